The summed E-state index contributed by atoms with van der Waals surface area (Å²) in [6.45, 7) is 2.09. The second-order valence-corrected chi connectivity index (χ2v) is 9.76. The lowest BCUT2D eigenvalue weighted by molar-refractivity contribution is -0.391. The van der Waals surface area contributed by atoms with Crippen LogP contribution in [0.2, 0.25) is 0 Å². The van der Waals surface area contributed by atoms with E-state index in [-0.39, 0.29) is 10.5 Å². The number of alkyl halides is 4. The van der Waals surface area contributed by atoms with Crippen LogP contribution in [0.4, 0.5) is 22.4 Å². The minimum absolute atomic E-state index is 0.265. The van der Waals surface area contributed by atoms with Crippen LogP contribution in [0.15, 0.2) is 78.2 Å². The van der Waals surface area contributed by atoms with Crippen LogP contribution in [0.5, 0.6) is 11.5 Å². The Balaban J connectivity index is 1.36. The molecule has 0 fully saturated rings. The molecule has 12 heteroatoms. The molecule has 0 spiro atoms. The third-order valence-electron chi connectivity index (χ3n) is 5.70. The van der Waals surface area contributed by atoms with E-state index in [1.54, 1.807) is 32.6 Å². The zero-order valence-corrected chi connectivity index (χ0v) is 20.9. The highest BCUT2D eigenvalue weighted by atomic mass is 32.1. The molecule has 1 aliphatic heterocycles. The normalized spacial score (nSPS) is 15.8. The first kappa shape index (κ1) is 25.5. The topological polar surface area (TPSA) is 69.0 Å². The Hall–Kier alpha value is -4.19. The van der Waals surface area contributed by atoms with E-state index >= 15 is 0 Å². The highest BCUT2D eigenvalue weighted by Gasteiger charge is 2.65. The van der Waals surface area contributed by atoms with Gasteiger partial charge in [0, 0.05) is 43.1 Å². The first-order valence-electron chi connectivity index (χ1n) is 11.3. The number of nitrogens with zero attached hydrogens (tertiary/aromatic N) is 4. The second-order valence-electron chi connectivity index (χ2n) is 8.55. The molecule has 0 atom stereocenters. The maximum absolute atomic E-state index is 13.7. The van der Waals surface area contributed by atoms with Gasteiger partial charge in [-0.2, -0.15) is 22.6 Å². The number of urea groups is 1. The molecule has 4 aromatic rings. The van der Waals surface area contributed by atoms with Gasteiger partial charge in [-0.15, -0.1) is 11.3 Å². The van der Waals surface area contributed by atoms with E-state index in [0.717, 1.165) is 33.7 Å². The Morgan fingerprint density at radius 1 is 0.974 bits per heavy atom. The predicted molar refractivity (Wildman–Crippen MR) is 132 cm³/mol. The molecule has 7 nitrogen and oxygen atoms in total. The molecule has 0 aliphatic carbocycles. The Morgan fingerprint density at radius 2 is 1.61 bits per heavy atom. The number of hydrogen-bond acceptors (Lipinski definition) is 5. The molecule has 2 aromatic carbocycles. The number of rotatable bonds is 4. The van der Waals surface area contributed by atoms with Crippen molar-refractivity contribution in [2.45, 2.75) is 25.7 Å². The van der Waals surface area contributed by atoms with Gasteiger partial charge in [0.15, 0.2) is 16.3 Å². The number of pyridine rings is 1. The molecule has 0 unspecified atom stereocenters. The monoisotopic (exact) mass is 544 g/mol. The number of thiazole rings is 1. The molecule has 0 bridgehead atoms. The van der Waals surface area contributed by atoms with Gasteiger partial charge in [-0.25, -0.2) is 4.79 Å². The van der Waals surface area contributed by atoms with E-state index in [4.69, 9.17) is 0 Å². The minimum atomic E-state index is -4.84. The largest absolute Gasteiger partial charge is 0.507 e. The van der Waals surface area contributed by atoms with E-state index in [1.807, 2.05) is 36.4 Å². The lowest BCUT2D eigenvalue weighted by Crippen LogP contribution is -2.52. The molecule has 0 N–H and O–H groups in total. The number of carbonyl (C=O) groups excluding carboxylic acids is 1. The van der Waals surface area contributed by atoms with Crippen molar-refractivity contribution in [1.82, 2.24) is 14.5 Å². The molecule has 1 aliphatic rings. The first-order chi connectivity index (χ1) is 18.0. The van der Waals surface area contributed by atoms with Crippen molar-refractivity contribution in [2.24, 2.45) is 4.99 Å². The van der Waals surface area contributed by atoms with Crippen LogP contribution >= 0.6 is 11.3 Å². The number of hydrogen-bond donors (Lipinski definition) is 0. The summed E-state index contributed by atoms with van der Waals surface area (Å²) < 4.78 is 64.1. The predicted octanol–water partition coefficient (Wildman–Crippen LogP) is 6.02. The van der Waals surface area contributed by atoms with Crippen molar-refractivity contribution in [3.8, 4) is 28.3 Å². The average molecular weight is 545 g/mol. The van der Waals surface area contributed by atoms with Gasteiger partial charge in [0.2, 0.25) is 0 Å². The fraction of sp³-hybridized carbons (Fsp3) is 0.192. The summed E-state index contributed by atoms with van der Waals surface area (Å²) >= 11 is 1.20. The van der Waals surface area contributed by atoms with Crippen LogP contribution in [-0.2, 0) is 6.54 Å². The number of fused-ring (bicyclic) bond motifs is 1. The van der Waals surface area contributed by atoms with Crippen molar-refractivity contribution in [2.75, 3.05) is 7.05 Å². The van der Waals surface area contributed by atoms with E-state index in [9.17, 15) is 22.4 Å². The molecular weight excluding hydrogens is 524 g/mol. The van der Waals surface area contributed by atoms with Crippen molar-refractivity contribution in [1.29, 1.82) is 0 Å². The standard InChI is InChI=1S/C26H20F4N4O3S/c1-16-14-34(20-7-8-21-22(13-20)37-26(29,30)25(27,28)36-21)24(38-16)32-23(35)33(2)15-17-3-5-18(6-4-17)19-9-11-31-12-10-19/h3-14H,15H2,1-2H3. The third-order valence-corrected chi connectivity index (χ3v) is 6.59. The number of ether oxygens (including phenoxy) is 2. The van der Waals surface area contributed by atoms with Gasteiger partial charge in [-0.1, -0.05) is 24.3 Å². The summed E-state index contributed by atoms with van der Waals surface area (Å²) in [5.74, 6) is -1.08. The van der Waals surface area contributed by atoms with Gasteiger partial charge < -0.3 is 14.4 Å². The van der Waals surface area contributed by atoms with Crippen LogP contribution < -0.4 is 14.3 Å². The lowest BCUT2D eigenvalue weighted by atomic mass is 10.1. The van der Waals surface area contributed by atoms with Crippen molar-refractivity contribution < 1.29 is 31.8 Å². The number of aryl methyl sites for hydroxylation is 1. The molecule has 2 aromatic heterocycles. The maximum atomic E-state index is 13.7. The molecular formula is C26H20F4N4O3S. The highest BCUT2D eigenvalue weighted by molar-refractivity contribution is 7.09. The first-order valence-corrected chi connectivity index (χ1v) is 12.1. The summed E-state index contributed by atoms with van der Waals surface area (Å²) in [4.78, 5) is 23.6. The quantitative estimate of drug-likeness (QED) is 0.295. The van der Waals surface area contributed by atoms with E-state index in [0.29, 0.717) is 6.54 Å². The fourth-order valence-corrected chi connectivity index (χ4v) is 4.61. The van der Waals surface area contributed by atoms with Crippen molar-refractivity contribution in [3.05, 3.63) is 88.4 Å². The van der Waals surface area contributed by atoms with Gasteiger partial charge in [0.25, 0.3) is 0 Å². The number of halogens is 4. The van der Waals surface area contributed by atoms with Crippen LogP contribution in [0, 0.1) is 6.92 Å². The fourth-order valence-electron chi connectivity index (χ4n) is 3.78. The Morgan fingerprint density at radius 3 is 2.29 bits per heavy atom. The molecule has 196 valence electrons. The van der Waals surface area contributed by atoms with E-state index in [1.165, 1.54) is 26.9 Å². The van der Waals surface area contributed by atoms with E-state index < -0.39 is 29.7 Å². The maximum Gasteiger partial charge on any atom is 0.507 e. The summed E-state index contributed by atoms with van der Waals surface area (Å²) in [6.07, 6.45) is -4.56. The molecule has 3 heterocycles. The Labute approximate surface area is 218 Å². The summed E-state index contributed by atoms with van der Waals surface area (Å²) in [5.41, 5.74) is 3.22. The van der Waals surface area contributed by atoms with Crippen LogP contribution in [-0.4, -0.2) is 39.7 Å². The van der Waals surface area contributed by atoms with Gasteiger partial charge in [-0.3, -0.25) is 9.55 Å². The third kappa shape index (κ3) is 4.99. The van der Waals surface area contributed by atoms with Crippen molar-refractivity contribution >= 4 is 17.4 Å². The van der Waals surface area contributed by atoms with Crippen LogP contribution in [0.3, 0.4) is 0 Å². The number of aromatic nitrogens is 2. The van der Waals surface area contributed by atoms with Crippen LogP contribution in [0.1, 0.15) is 10.4 Å². The van der Waals surface area contributed by atoms with Crippen molar-refractivity contribution in [3.63, 3.8) is 0 Å². The Bertz CT molecular complexity index is 1550. The smallest absolute Gasteiger partial charge is 0.421 e. The minimum Gasteiger partial charge on any atom is -0.421 e. The molecule has 5 rings (SSSR count). The molecule has 0 saturated carbocycles. The second kappa shape index (κ2) is 9.60. The van der Waals surface area contributed by atoms with Gasteiger partial charge in [0.05, 0.1) is 5.69 Å². The summed E-state index contributed by atoms with van der Waals surface area (Å²) in [7, 11) is 1.61. The number of benzene rings is 2. The van der Waals surface area contributed by atoms with E-state index in [2.05, 4.69) is 19.5 Å². The molecule has 0 saturated heterocycles. The Kier molecular flexibility index (Phi) is 6.43. The summed E-state index contributed by atoms with van der Waals surface area (Å²) in [6, 6.07) is 14.6. The van der Waals surface area contributed by atoms with Crippen LogP contribution in [0.25, 0.3) is 16.8 Å². The highest BCUT2D eigenvalue weighted by Crippen LogP contribution is 2.47. The molecule has 2 amide bonds. The lowest BCUT2D eigenvalue weighted by Gasteiger charge is -2.31. The zero-order chi connectivity index (χ0) is 27.1. The molecule has 38 heavy (non-hydrogen) atoms. The number of amides is 2. The number of carbonyl (C=O) groups is 1. The molecule has 0 radical (unpaired) electrons. The SMILES string of the molecule is Cc1cn(-c2ccc3c(c2)OC(F)(F)C(F)(F)O3)c(=NC(=O)N(C)Cc2ccc(-c3ccncc3)cc2)s1. The van der Waals surface area contributed by atoms with Gasteiger partial charge in [0.1, 0.15) is 0 Å². The van der Waals surface area contributed by atoms with Gasteiger partial charge in [-0.05, 0) is 47.9 Å². The summed E-state index contributed by atoms with van der Waals surface area (Å²) in [5, 5.41) is 0. The van der Waals surface area contributed by atoms with Gasteiger partial charge >= 0.3 is 18.2 Å². The average Bonchev–Trinajstić information content (AvgIpc) is 3.24. The zero-order valence-electron chi connectivity index (χ0n) is 20.1.